The van der Waals surface area contributed by atoms with Crippen molar-refractivity contribution in [1.82, 2.24) is 9.21 Å². The van der Waals surface area contributed by atoms with Crippen LogP contribution in [-0.4, -0.2) is 55.8 Å². The summed E-state index contributed by atoms with van der Waals surface area (Å²) >= 11 is 0. The molecule has 8 heteroatoms. The van der Waals surface area contributed by atoms with Gasteiger partial charge in [-0.25, -0.2) is 12.8 Å². The topological polar surface area (TPSA) is 69.7 Å². The average molecular weight is 448 g/mol. The summed E-state index contributed by atoms with van der Waals surface area (Å²) in [7, 11) is -3.68. The van der Waals surface area contributed by atoms with E-state index in [0.29, 0.717) is 19.0 Å². The lowest BCUT2D eigenvalue weighted by Gasteiger charge is -2.36. The van der Waals surface area contributed by atoms with Crippen LogP contribution in [0.15, 0.2) is 53.4 Å². The Hall–Kier alpha value is -2.29. The SMILES string of the molecule is CCC(C)c1ccccc1NC(=O)C(C)N1CCN(S(=O)(=O)c2ccc(F)cc2)CC1. The monoisotopic (exact) mass is 447 g/mol. The first-order chi connectivity index (χ1) is 14.7. The number of nitrogens with one attached hydrogen (secondary N) is 1. The highest BCUT2D eigenvalue weighted by Gasteiger charge is 2.32. The molecule has 0 saturated carbocycles. The molecule has 1 amide bonds. The van der Waals surface area contributed by atoms with E-state index in [9.17, 15) is 17.6 Å². The predicted octanol–water partition coefficient (Wildman–Crippen LogP) is 3.67. The van der Waals surface area contributed by atoms with Crippen molar-refractivity contribution in [2.75, 3.05) is 31.5 Å². The number of carbonyl (C=O) groups is 1. The van der Waals surface area contributed by atoms with Crippen molar-refractivity contribution in [3.05, 3.63) is 59.9 Å². The number of carbonyl (C=O) groups excluding carboxylic acids is 1. The molecule has 2 aromatic rings. The van der Waals surface area contributed by atoms with Crippen LogP contribution in [0.1, 0.15) is 38.7 Å². The molecule has 1 aliphatic rings. The second-order valence-corrected chi connectivity index (χ2v) is 9.89. The zero-order valence-electron chi connectivity index (χ0n) is 18.2. The molecule has 168 valence electrons. The number of hydrogen-bond donors (Lipinski definition) is 1. The van der Waals surface area contributed by atoms with Crippen LogP contribution in [0.3, 0.4) is 0 Å². The summed E-state index contributed by atoms with van der Waals surface area (Å²) in [6, 6.07) is 12.3. The fourth-order valence-corrected chi connectivity index (χ4v) is 5.17. The predicted molar refractivity (Wildman–Crippen MR) is 120 cm³/mol. The molecule has 0 aliphatic carbocycles. The molecule has 0 radical (unpaired) electrons. The van der Waals surface area contributed by atoms with Crippen LogP contribution < -0.4 is 5.32 Å². The van der Waals surface area contributed by atoms with E-state index in [-0.39, 0.29) is 29.9 Å². The highest BCUT2D eigenvalue weighted by Crippen LogP contribution is 2.27. The van der Waals surface area contributed by atoms with Gasteiger partial charge < -0.3 is 5.32 Å². The molecule has 6 nitrogen and oxygen atoms in total. The standard InChI is InChI=1S/C23H30FN3O3S/c1-4-17(2)21-7-5-6-8-22(21)25-23(28)18(3)26-13-15-27(16-14-26)31(29,30)20-11-9-19(24)10-12-20/h5-12,17-18H,4,13-16H2,1-3H3,(H,25,28). The zero-order chi connectivity index (χ0) is 22.6. The van der Waals surface area contributed by atoms with Gasteiger partial charge in [0.15, 0.2) is 0 Å². The number of halogens is 1. The Bertz CT molecular complexity index is 1000. The number of amides is 1. The van der Waals surface area contributed by atoms with E-state index in [4.69, 9.17) is 0 Å². The van der Waals surface area contributed by atoms with Gasteiger partial charge in [-0.3, -0.25) is 9.69 Å². The number of anilines is 1. The second kappa shape index (κ2) is 9.89. The Morgan fingerprint density at radius 2 is 1.65 bits per heavy atom. The van der Waals surface area contributed by atoms with Crippen molar-refractivity contribution in [2.24, 2.45) is 0 Å². The molecule has 0 bridgehead atoms. The molecule has 1 N–H and O–H groups in total. The molecule has 0 spiro atoms. The molecule has 1 fully saturated rings. The smallest absolute Gasteiger partial charge is 0.243 e. The van der Waals surface area contributed by atoms with Crippen molar-refractivity contribution in [1.29, 1.82) is 0 Å². The summed E-state index contributed by atoms with van der Waals surface area (Å²) in [4.78, 5) is 14.9. The number of nitrogens with zero attached hydrogens (tertiary/aromatic N) is 2. The van der Waals surface area contributed by atoms with E-state index in [1.807, 2.05) is 36.1 Å². The summed E-state index contributed by atoms with van der Waals surface area (Å²) in [6.45, 7) is 7.54. The molecular weight excluding hydrogens is 417 g/mol. The minimum Gasteiger partial charge on any atom is -0.324 e. The van der Waals surface area contributed by atoms with E-state index >= 15 is 0 Å². The van der Waals surface area contributed by atoms with E-state index in [1.54, 1.807) is 0 Å². The van der Waals surface area contributed by atoms with Gasteiger partial charge in [0.2, 0.25) is 15.9 Å². The third-order valence-electron chi connectivity index (χ3n) is 6.01. The highest BCUT2D eigenvalue weighted by atomic mass is 32.2. The molecule has 2 atom stereocenters. The van der Waals surface area contributed by atoms with Crippen LogP contribution in [0, 0.1) is 5.82 Å². The van der Waals surface area contributed by atoms with Crippen LogP contribution >= 0.6 is 0 Å². The number of benzene rings is 2. The lowest BCUT2D eigenvalue weighted by atomic mass is 9.97. The molecule has 1 saturated heterocycles. The molecule has 0 aromatic heterocycles. The number of hydrogen-bond acceptors (Lipinski definition) is 4. The molecule has 2 aromatic carbocycles. The van der Waals surface area contributed by atoms with Gasteiger partial charge in [-0.1, -0.05) is 32.0 Å². The second-order valence-electron chi connectivity index (χ2n) is 7.96. The van der Waals surface area contributed by atoms with E-state index in [0.717, 1.165) is 29.8 Å². The average Bonchev–Trinajstić information content (AvgIpc) is 2.78. The van der Waals surface area contributed by atoms with Gasteiger partial charge in [0, 0.05) is 31.9 Å². The van der Waals surface area contributed by atoms with E-state index in [1.165, 1.54) is 16.4 Å². The van der Waals surface area contributed by atoms with Crippen molar-refractivity contribution >= 4 is 21.6 Å². The van der Waals surface area contributed by atoms with Gasteiger partial charge in [0.05, 0.1) is 10.9 Å². The first-order valence-corrected chi connectivity index (χ1v) is 12.1. The maximum atomic E-state index is 13.1. The van der Waals surface area contributed by atoms with E-state index < -0.39 is 15.8 Å². The van der Waals surface area contributed by atoms with Crippen LogP contribution in [0.2, 0.25) is 0 Å². The minimum absolute atomic E-state index is 0.0785. The molecule has 1 heterocycles. The maximum Gasteiger partial charge on any atom is 0.243 e. The van der Waals surface area contributed by atoms with Gasteiger partial charge in [0.25, 0.3) is 0 Å². The van der Waals surface area contributed by atoms with Crippen molar-refractivity contribution in [2.45, 2.75) is 44.0 Å². The molecular formula is C23H30FN3O3S. The van der Waals surface area contributed by atoms with Crippen LogP contribution in [0.4, 0.5) is 10.1 Å². The minimum atomic E-state index is -3.68. The van der Waals surface area contributed by atoms with Gasteiger partial charge in [-0.2, -0.15) is 4.31 Å². The zero-order valence-corrected chi connectivity index (χ0v) is 19.0. The van der Waals surface area contributed by atoms with Crippen molar-refractivity contribution in [3.8, 4) is 0 Å². The lowest BCUT2D eigenvalue weighted by Crippen LogP contribution is -2.53. The van der Waals surface area contributed by atoms with Gasteiger partial charge >= 0.3 is 0 Å². The number of piperazine rings is 1. The Morgan fingerprint density at radius 3 is 2.26 bits per heavy atom. The highest BCUT2D eigenvalue weighted by molar-refractivity contribution is 7.89. The van der Waals surface area contributed by atoms with Gasteiger partial charge in [-0.15, -0.1) is 0 Å². The summed E-state index contributed by atoms with van der Waals surface area (Å²) in [5.74, 6) is -0.240. The molecule has 31 heavy (non-hydrogen) atoms. The fraction of sp³-hybridized carbons (Fsp3) is 0.435. The van der Waals surface area contributed by atoms with Crippen molar-refractivity contribution < 1.29 is 17.6 Å². The maximum absolute atomic E-state index is 13.1. The first-order valence-electron chi connectivity index (χ1n) is 10.6. The van der Waals surface area contributed by atoms with E-state index in [2.05, 4.69) is 19.2 Å². The van der Waals surface area contributed by atoms with Gasteiger partial charge in [-0.05, 0) is 55.2 Å². The van der Waals surface area contributed by atoms with Gasteiger partial charge in [0.1, 0.15) is 5.82 Å². The summed E-state index contributed by atoms with van der Waals surface area (Å²) < 4.78 is 40.1. The Kier molecular flexibility index (Phi) is 7.46. The fourth-order valence-electron chi connectivity index (χ4n) is 3.75. The third-order valence-corrected chi connectivity index (χ3v) is 7.93. The van der Waals surface area contributed by atoms with Crippen LogP contribution in [0.5, 0.6) is 0 Å². The Labute approximate surface area is 184 Å². The number of para-hydroxylation sites is 1. The summed E-state index contributed by atoms with van der Waals surface area (Å²) in [5, 5.41) is 3.05. The molecule has 3 rings (SSSR count). The third kappa shape index (κ3) is 5.31. The lowest BCUT2D eigenvalue weighted by molar-refractivity contribution is -0.121. The first kappa shape index (κ1) is 23.4. The molecule has 1 aliphatic heterocycles. The summed E-state index contributed by atoms with van der Waals surface area (Å²) in [5.41, 5.74) is 1.94. The van der Waals surface area contributed by atoms with Crippen molar-refractivity contribution in [3.63, 3.8) is 0 Å². The van der Waals surface area contributed by atoms with Crippen LogP contribution in [0.25, 0.3) is 0 Å². The summed E-state index contributed by atoms with van der Waals surface area (Å²) in [6.07, 6.45) is 0.979. The Balaban J connectivity index is 1.62. The number of rotatable bonds is 7. The molecule has 2 unspecified atom stereocenters. The number of sulfonamides is 1. The van der Waals surface area contributed by atoms with Crippen LogP contribution in [-0.2, 0) is 14.8 Å². The quantitative estimate of drug-likeness (QED) is 0.703. The largest absolute Gasteiger partial charge is 0.324 e. The normalized spacial score (nSPS) is 17.8. The Morgan fingerprint density at radius 1 is 1.03 bits per heavy atom.